The van der Waals surface area contributed by atoms with Crippen LogP contribution in [0.25, 0.3) is 0 Å². The first-order valence-electron chi connectivity index (χ1n) is 7.43. The Kier molecular flexibility index (Phi) is 4.76. The molecule has 2 amide bonds. The first-order valence-corrected chi connectivity index (χ1v) is 7.43. The molecule has 0 aromatic heterocycles. The van der Waals surface area contributed by atoms with Crippen molar-refractivity contribution in [3.8, 4) is 6.07 Å². The first-order chi connectivity index (χ1) is 10.7. The lowest BCUT2D eigenvalue weighted by atomic mass is 9.95. The maximum Gasteiger partial charge on any atom is 0.408 e. The maximum absolute atomic E-state index is 12.2. The lowest BCUT2D eigenvalue weighted by Crippen LogP contribution is -2.48. The predicted molar refractivity (Wildman–Crippen MR) is 82.1 cm³/mol. The lowest BCUT2D eigenvalue weighted by Gasteiger charge is -2.22. The summed E-state index contributed by atoms with van der Waals surface area (Å²) in [5.74, 6) is -0.388. The molecule has 0 saturated carbocycles. The van der Waals surface area contributed by atoms with Crippen LogP contribution in [0.1, 0.15) is 34.1 Å². The average Bonchev–Trinajstić information content (AvgIpc) is 2.56. The van der Waals surface area contributed by atoms with E-state index in [0.717, 1.165) is 5.57 Å². The van der Waals surface area contributed by atoms with E-state index in [1.165, 1.54) is 0 Å². The molecule has 0 bridgehead atoms. The Bertz CT molecular complexity index is 622. The number of ether oxygens (including phenoxy) is 2. The van der Waals surface area contributed by atoms with Crippen LogP contribution < -0.4 is 10.6 Å². The van der Waals surface area contributed by atoms with Gasteiger partial charge in [-0.05, 0) is 33.8 Å². The number of hydrogen-bond acceptors (Lipinski definition) is 5. The molecule has 2 aliphatic rings. The van der Waals surface area contributed by atoms with Gasteiger partial charge in [0.1, 0.15) is 17.7 Å². The van der Waals surface area contributed by atoms with Gasteiger partial charge in [-0.25, -0.2) is 4.79 Å². The van der Waals surface area contributed by atoms with Gasteiger partial charge >= 0.3 is 6.09 Å². The second kappa shape index (κ2) is 6.42. The maximum atomic E-state index is 12.2. The van der Waals surface area contributed by atoms with Crippen LogP contribution >= 0.6 is 0 Å². The third kappa shape index (κ3) is 4.33. The predicted octanol–water partition coefficient (Wildman–Crippen LogP) is 1.52. The SMILES string of the molecule is CC1=C(C#N)C=C2NC(=O)C(NC(=O)OC(C)(C)C)COC2C1. The van der Waals surface area contributed by atoms with E-state index in [9.17, 15) is 9.59 Å². The Morgan fingerprint density at radius 1 is 1.52 bits per heavy atom. The van der Waals surface area contributed by atoms with Crippen molar-refractivity contribution < 1.29 is 19.1 Å². The summed E-state index contributed by atoms with van der Waals surface area (Å²) in [5, 5.41) is 14.3. The Hall–Kier alpha value is -2.33. The van der Waals surface area contributed by atoms with Crippen LogP contribution in [0, 0.1) is 11.3 Å². The molecule has 1 fully saturated rings. The third-order valence-corrected chi connectivity index (χ3v) is 3.46. The molecule has 0 aromatic rings. The fourth-order valence-corrected chi connectivity index (χ4v) is 2.34. The van der Waals surface area contributed by atoms with E-state index in [0.29, 0.717) is 17.7 Å². The van der Waals surface area contributed by atoms with E-state index in [-0.39, 0.29) is 18.6 Å². The molecule has 124 valence electrons. The summed E-state index contributed by atoms with van der Waals surface area (Å²) in [5.41, 5.74) is 1.34. The summed E-state index contributed by atoms with van der Waals surface area (Å²) in [4.78, 5) is 24.1. The normalized spacial score (nSPS) is 24.7. The van der Waals surface area contributed by atoms with Crippen molar-refractivity contribution in [1.29, 1.82) is 5.26 Å². The smallest absolute Gasteiger partial charge is 0.408 e. The van der Waals surface area contributed by atoms with Crippen LogP contribution in [0.4, 0.5) is 4.79 Å². The van der Waals surface area contributed by atoms with Crippen molar-refractivity contribution in [2.75, 3.05) is 6.61 Å². The highest BCUT2D eigenvalue weighted by molar-refractivity contribution is 5.87. The Labute approximate surface area is 135 Å². The zero-order valence-electron chi connectivity index (χ0n) is 13.7. The summed E-state index contributed by atoms with van der Waals surface area (Å²) in [7, 11) is 0. The molecule has 0 radical (unpaired) electrons. The quantitative estimate of drug-likeness (QED) is 0.763. The monoisotopic (exact) mass is 319 g/mol. The zero-order valence-corrected chi connectivity index (χ0v) is 13.7. The number of amides is 2. The third-order valence-electron chi connectivity index (χ3n) is 3.46. The second-order valence-electron chi connectivity index (χ2n) is 6.62. The van der Waals surface area contributed by atoms with Gasteiger partial charge in [-0.1, -0.05) is 5.57 Å². The minimum absolute atomic E-state index is 0.0439. The van der Waals surface area contributed by atoms with Crippen molar-refractivity contribution in [2.45, 2.75) is 51.9 Å². The van der Waals surface area contributed by atoms with Gasteiger partial charge < -0.3 is 20.1 Å². The number of carbonyl (C=O) groups is 2. The first kappa shape index (κ1) is 17.0. The minimum atomic E-state index is -0.845. The molecule has 2 rings (SSSR count). The zero-order chi connectivity index (χ0) is 17.2. The standard InChI is InChI=1S/C16H21N3O4/c1-9-5-13-11(6-10(9)7-17)18-14(20)12(8-22-13)19-15(21)23-16(2,3)4/h6,12-13H,5,8H2,1-4H3,(H,18,20)(H,19,21). The van der Waals surface area contributed by atoms with Gasteiger partial charge in [0.25, 0.3) is 0 Å². The lowest BCUT2D eigenvalue weighted by molar-refractivity contribution is -0.122. The molecule has 2 N–H and O–H groups in total. The number of hydrogen-bond donors (Lipinski definition) is 2. The van der Waals surface area contributed by atoms with Crippen molar-refractivity contribution in [3.63, 3.8) is 0 Å². The molecule has 1 saturated heterocycles. The second-order valence-corrected chi connectivity index (χ2v) is 6.62. The molecular formula is C16H21N3O4. The van der Waals surface area contributed by atoms with Crippen LogP contribution in [0.2, 0.25) is 0 Å². The van der Waals surface area contributed by atoms with Crippen molar-refractivity contribution in [1.82, 2.24) is 10.6 Å². The molecule has 0 aromatic carbocycles. The average molecular weight is 319 g/mol. The largest absolute Gasteiger partial charge is 0.444 e. The van der Waals surface area contributed by atoms with Gasteiger partial charge in [0, 0.05) is 12.1 Å². The fraction of sp³-hybridized carbons (Fsp3) is 0.562. The van der Waals surface area contributed by atoms with Crippen LogP contribution in [-0.4, -0.2) is 36.4 Å². The molecule has 2 atom stereocenters. The molecule has 1 aliphatic heterocycles. The highest BCUT2D eigenvalue weighted by Crippen LogP contribution is 2.26. The molecule has 23 heavy (non-hydrogen) atoms. The Balaban J connectivity index is 2.06. The van der Waals surface area contributed by atoms with Crippen molar-refractivity contribution in [2.24, 2.45) is 0 Å². The van der Waals surface area contributed by atoms with Gasteiger partial charge in [0.2, 0.25) is 5.91 Å². The Morgan fingerprint density at radius 2 is 2.22 bits per heavy atom. The summed E-state index contributed by atoms with van der Waals surface area (Å²) in [6.07, 6.45) is 1.17. The number of alkyl carbamates (subject to hydrolysis) is 1. The van der Waals surface area contributed by atoms with Gasteiger partial charge in [0.05, 0.1) is 18.2 Å². The summed E-state index contributed by atoms with van der Waals surface area (Å²) in [6.45, 7) is 7.13. The fourth-order valence-electron chi connectivity index (χ4n) is 2.34. The van der Waals surface area contributed by atoms with Crippen LogP contribution in [-0.2, 0) is 14.3 Å². The van der Waals surface area contributed by atoms with E-state index in [1.54, 1.807) is 26.8 Å². The summed E-state index contributed by atoms with van der Waals surface area (Å²) in [6, 6.07) is 1.25. The molecule has 0 spiro atoms. The van der Waals surface area contributed by atoms with E-state index < -0.39 is 17.7 Å². The number of nitrogens with zero attached hydrogens (tertiary/aromatic N) is 1. The Morgan fingerprint density at radius 3 is 2.83 bits per heavy atom. The van der Waals surface area contributed by atoms with Crippen LogP contribution in [0.3, 0.4) is 0 Å². The van der Waals surface area contributed by atoms with Crippen LogP contribution in [0.15, 0.2) is 22.9 Å². The highest BCUT2D eigenvalue weighted by atomic mass is 16.6. The molecule has 7 heteroatoms. The number of nitrogens with one attached hydrogen (secondary N) is 2. The molecule has 1 aliphatic carbocycles. The van der Waals surface area contributed by atoms with Crippen molar-refractivity contribution >= 4 is 12.0 Å². The number of carbonyl (C=O) groups excluding carboxylic acids is 2. The summed E-state index contributed by atoms with van der Waals surface area (Å²) >= 11 is 0. The topological polar surface area (TPSA) is 100 Å². The van der Waals surface area contributed by atoms with E-state index in [2.05, 4.69) is 16.7 Å². The number of allylic oxidation sites excluding steroid dienone is 2. The van der Waals surface area contributed by atoms with Gasteiger partial charge in [-0.15, -0.1) is 0 Å². The molecule has 7 nitrogen and oxygen atoms in total. The molecular weight excluding hydrogens is 298 g/mol. The van der Waals surface area contributed by atoms with Crippen molar-refractivity contribution in [3.05, 3.63) is 22.9 Å². The number of nitriles is 1. The van der Waals surface area contributed by atoms with Gasteiger partial charge in [0.15, 0.2) is 0 Å². The van der Waals surface area contributed by atoms with Gasteiger partial charge in [-0.3, -0.25) is 4.79 Å². The molecule has 2 unspecified atom stereocenters. The van der Waals surface area contributed by atoms with E-state index in [1.807, 2.05) is 6.92 Å². The highest BCUT2D eigenvalue weighted by Gasteiger charge is 2.33. The van der Waals surface area contributed by atoms with E-state index >= 15 is 0 Å². The molecule has 1 heterocycles. The summed E-state index contributed by atoms with van der Waals surface area (Å²) < 4.78 is 10.9. The van der Waals surface area contributed by atoms with Crippen LogP contribution in [0.5, 0.6) is 0 Å². The minimum Gasteiger partial charge on any atom is -0.444 e. The number of rotatable bonds is 1. The van der Waals surface area contributed by atoms with E-state index in [4.69, 9.17) is 14.7 Å². The number of fused-ring (bicyclic) bond motifs is 1. The van der Waals surface area contributed by atoms with Gasteiger partial charge in [-0.2, -0.15) is 5.26 Å².